The Morgan fingerprint density at radius 1 is 1.67 bits per heavy atom. The van der Waals surface area contributed by atoms with Gasteiger partial charge in [0.2, 0.25) is 0 Å². The van der Waals surface area contributed by atoms with Gasteiger partial charge in [0.15, 0.2) is 0 Å². The summed E-state index contributed by atoms with van der Waals surface area (Å²) < 4.78 is 5.02. The molecule has 2 heteroatoms. The molecule has 2 atom stereocenters. The maximum absolute atomic E-state index is 9.17. The van der Waals surface area contributed by atoms with Crippen molar-refractivity contribution in [2.24, 2.45) is 5.92 Å². The molecule has 1 aliphatic heterocycles. The molecule has 2 unspecified atom stereocenters. The molecule has 0 radical (unpaired) electrons. The molecule has 1 aliphatic rings. The SMILES string of the molecule is C=C(C)C1COCC1O. The van der Waals surface area contributed by atoms with Crippen LogP contribution in [-0.2, 0) is 4.74 Å². The van der Waals surface area contributed by atoms with Crippen molar-refractivity contribution in [1.29, 1.82) is 0 Å². The summed E-state index contributed by atoms with van der Waals surface area (Å²) in [7, 11) is 0. The van der Waals surface area contributed by atoms with Crippen LogP contribution in [0.1, 0.15) is 6.92 Å². The van der Waals surface area contributed by atoms with Crippen molar-refractivity contribution in [3.63, 3.8) is 0 Å². The minimum atomic E-state index is -0.317. The van der Waals surface area contributed by atoms with Gasteiger partial charge < -0.3 is 9.84 Å². The zero-order valence-electron chi connectivity index (χ0n) is 5.63. The highest BCUT2D eigenvalue weighted by Gasteiger charge is 2.25. The molecule has 0 amide bonds. The monoisotopic (exact) mass is 128 g/mol. The highest BCUT2D eigenvalue weighted by molar-refractivity contribution is 5.01. The molecular weight excluding hydrogens is 116 g/mol. The molecule has 52 valence electrons. The van der Waals surface area contributed by atoms with E-state index in [0.717, 1.165) is 5.57 Å². The van der Waals surface area contributed by atoms with Gasteiger partial charge in [0.1, 0.15) is 0 Å². The Hall–Kier alpha value is -0.340. The van der Waals surface area contributed by atoms with Crippen LogP contribution in [0.5, 0.6) is 0 Å². The first-order valence-corrected chi connectivity index (χ1v) is 3.13. The van der Waals surface area contributed by atoms with Gasteiger partial charge in [0.05, 0.1) is 19.3 Å². The van der Waals surface area contributed by atoms with Crippen LogP contribution in [0, 0.1) is 5.92 Å². The molecule has 0 aromatic carbocycles. The van der Waals surface area contributed by atoms with Gasteiger partial charge in [0.25, 0.3) is 0 Å². The van der Waals surface area contributed by atoms with Crippen LogP contribution >= 0.6 is 0 Å². The lowest BCUT2D eigenvalue weighted by atomic mass is 9.99. The predicted octanol–water partition coefficient (Wildman–Crippen LogP) is 0.570. The summed E-state index contributed by atoms with van der Waals surface area (Å²) in [6.07, 6.45) is -0.317. The first-order valence-electron chi connectivity index (χ1n) is 3.13. The first kappa shape index (κ1) is 6.78. The average molecular weight is 128 g/mol. The summed E-state index contributed by atoms with van der Waals surface area (Å²) >= 11 is 0. The molecule has 1 fully saturated rings. The summed E-state index contributed by atoms with van der Waals surface area (Å²) in [5.74, 6) is 0.171. The summed E-state index contributed by atoms with van der Waals surface area (Å²) in [5, 5.41) is 9.17. The van der Waals surface area contributed by atoms with E-state index in [0.29, 0.717) is 13.2 Å². The van der Waals surface area contributed by atoms with Gasteiger partial charge in [-0.15, -0.1) is 0 Å². The van der Waals surface area contributed by atoms with E-state index in [2.05, 4.69) is 6.58 Å². The van der Waals surface area contributed by atoms with Crippen LogP contribution in [0.4, 0.5) is 0 Å². The van der Waals surface area contributed by atoms with Crippen LogP contribution in [-0.4, -0.2) is 24.4 Å². The Morgan fingerprint density at radius 3 is 2.56 bits per heavy atom. The maximum atomic E-state index is 9.17. The van der Waals surface area contributed by atoms with Crippen LogP contribution < -0.4 is 0 Å². The largest absolute Gasteiger partial charge is 0.390 e. The average Bonchev–Trinajstić information content (AvgIpc) is 2.13. The van der Waals surface area contributed by atoms with E-state index in [1.54, 1.807) is 0 Å². The van der Waals surface area contributed by atoms with E-state index in [1.165, 1.54) is 0 Å². The summed E-state index contributed by atoms with van der Waals surface area (Å²) in [5.41, 5.74) is 1.01. The van der Waals surface area contributed by atoms with Crippen LogP contribution in [0.3, 0.4) is 0 Å². The quantitative estimate of drug-likeness (QED) is 0.523. The van der Waals surface area contributed by atoms with E-state index in [1.807, 2.05) is 6.92 Å². The fraction of sp³-hybridized carbons (Fsp3) is 0.714. The molecule has 0 spiro atoms. The fourth-order valence-electron chi connectivity index (χ4n) is 1.01. The van der Waals surface area contributed by atoms with Crippen molar-refractivity contribution in [3.8, 4) is 0 Å². The minimum Gasteiger partial charge on any atom is -0.390 e. The highest BCUT2D eigenvalue weighted by atomic mass is 16.5. The van der Waals surface area contributed by atoms with E-state index >= 15 is 0 Å². The molecule has 0 aromatic heterocycles. The molecule has 1 heterocycles. The highest BCUT2D eigenvalue weighted by Crippen LogP contribution is 2.19. The van der Waals surface area contributed by atoms with Crippen molar-refractivity contribution < 1.29 is 9.84 Å². The lowest BCUT2D eigenvalue weighted by molar-refractivity contribution is 0.122. The number of aliphatic hydroxyl groups is 1. The van der Waals surface area contributed by atoms with Gasteiger partial charge in [0, 0.05) is 5.92 Å². The molecule has 0 saturated carbocycles. The molecular formula is C7H12O2. The van der Waals surface area contributed by atoms with Gasteiger partial charge in [-0.1, -0.05) is 12.2 Å². The number of hydrogen-bond donors (Lipinski definition) is 1. The lowest BCUT2D eigenvalue weighted by Crippen LogP contribution is -2.17. The third-order valence-corrected chi connectivity index (χ3v) is 1.68. The summed E-state index contributed by atoms with van der Waals surface area (Å²) in [6, 6.07) is 0. The van der Waals surface area contributed by atoms with Crippen molar-refractivity contribution in [1.82, 2.24) is 0 Å². The van der Waals surface area contributed by atoms with E-state index in [-0.39, 0.29) is 12.0 Å². The number of hydrogen-bond acceptors (Lipinski definition) is 2. The van der Waals surface area contributed by atoms with Crippen molar-refractivity contribution in [2.45, 2.75) is 13.0 Å². The van der Waals surface area contributed by atoms with Gasteiger partial charge in [-0.2, -0.15) is 0 Å². The van der Waals surface area contributed by atoms with Crippen molar-refractivity contribution in [2.75, 3.05) is 13.2 Å². The first-order chi connectivity index (χ1) is 4.22. The zero-order valence-corrected chi connectivity index (χ0v) is 5.63. The lowest BCUT2D eigenvalue weighted by Gasteiger charge is -2.10. The Bertz CT molecular complexity index is 120. The zero-order chi connectivity index (χ0) is 6.85. The summed E-state index contributed by atoms with van der Waals surface area (Å²) in [4.78, 5) is 0. The van der Waals surface area contributed by atoms with Crippen LogP contribution in [0.2, 0.25) is 0 Å². The normalized spacial score (nSPS) is 34.9. The number of ether oxygens (including phenoxy) is 1. The molecule has 0 aliphatic carbocycles. The van der Waals surface area contributed by atoms with Gasteiger partial charge in [-0.3, -0.25) is 0 Å². The predicted molar refractivity (Wildman–Crippen MR) is 35.1 cm³/mol. The van der Waals surface area contributed by atoms with Gasteiger partial charge >= 0.3 is 0 Å². The smallest absolute Gasteiger partial charge is 0.0860 e. The molecule has 9 heavy (non-hydrogen) atoms. The molecule has 1 rings (SSSR count). The molecule has 0 aromatic rings. The van der Waals surface area contributed by atoms with Crippen LogP contribution in [0.25, 0.3) is 0 Å². The Labute approximate surface area is 55.1 Å². The Balaban J connectivity index is 2.49. The standard InChI is InChI=1S/C7H12O2/c1-5(2)6-3-9-4-7(6)8/h6-8H,1,3-4H2,2H3. The minimum absolute atomic E-state index is 0.171. The van der Waals surface area contributed by atoms with Gasteiger partial charge in [-0.25, -0.2) is 0 Å². The molecule has 2 nitrogen and oxygen atoms in total. The van der Waals surface area contributed by atoms with Gasteiger partial charge in [-0.05, 0) is 6.92 Å². The Morgan fingerprint density at radius 2 is 2.33 bits per heavy atom. The van der Waals surface area contributed by atoms with E-state index < -0.39 is 0 Å². The van der Waals surface area contributed by atoms with E-state index in [9.17, 15) is 5.11 Å². The van der Waals surface area contributed by atoms with Crippen molar-refractivity contribution in [3.05, 3.63) is 12.2 Å². The Kier molecular flexibility index (Phi) is 1.88. The fourth-order valence-corrected chi connectivity index (χ4v) is 1.01. The second-order valence-corrected chi connectivity index (χ2v) is 2.56. The topological polar surface area (TPSA) is 29.5 Å². The maximum Gasteiger partial charge on any atom is 0.0860 e. The van der Waals surface area contributed by atoms with Crippen molar-refractivity contribution >= 4 is 0 Å². The molecule has 1 N–H and O–H groups in total. The second-order valence-electron chi connectivity index (χ2n) is 2.56. The number of rotatable bonds is 1. The summed E-state index contributed by atoms with van der Waals surface area (Å²) in [6.45, 7) is 6.77. The second kappa shape index (κ2) is 2.50. The number of aliphatic hydroxyl groups excluding tert-OH is 1. The van der Waals surface area contributed by atoms with Crippen LogP contribution in [0.15, 0.2) is 12.2 Å². The van der Waals surface area contributed by atoms with E-state index in [4.69, 9.17) is 4.74 Å². The third kappa shape index (κ3) is 1.32. The molecule has 1 saturated heterocycles. The third-order valence-electron chi connectivity index (χ3n) is 1.68. The molecule has 0 bridgehead atoms.